The summed E-state index contributed by atoms with van der Waals surface area (Å²) in [4.78, 5) is 18.0. The minimum absolute atomic E-state index is 0.162. The van der Waals surface area contributed by atoms with E-state index in [9.17, 15) is 4.79 Å². The van der Waals surface area contributed by atoms with Crippen molar-refractivity contribution in [3.63, 3.8) is 0 Å². The molecule has 22 heavy (non-hydrogen) atoms. The van der Waals surface area contributed by atoms with Crippen LogP contribution in [0.2, 0.25) is 0 Å². The highest BCUT2D eigenvalue weighted by molar-refractivity contribution is 5.83. The van der Waals surface area contributed by atoms with Crippen molar-refractivity contribution >= 4 is 5.91 Å². The number of amides is 1. The lowest BCUT2D eigenvalue weighted by Gasteiger charge is -2.44. The molecular weight excluding hydrogens is 274 g/mol. The average molecular weight is 309 g/mol. The Balaban J connectivity index is 2.02. The van der Waals surface area contributed by atoms with Gasteiger partial charge in [0.2, 0.25) is 5.91 Å². The third-order valence-corrected chi connectivity index (χ3v) is 5.36. The number of likely N-dealkylation sites (tertiary alicyclic amines) is 2. The van der Waals surface area contributed by atoms with Crippen molar-refractivity contribution in [3.05, 3.63) is 0 Å². The van der Waals surface area contributed by atoms with Crippen molar-refractivity contribution < 1.29 is 4.79 Å². The van der Waals surface area contributed by atoms with E-state index >= 15 is 0 Å². The summed E-state index contributed by atoms with van der Waals surface area (Å²) in [5.41, 5.74) is -0.162. The van der Waals surface area contributed by atoms with E-state index in [1.165, 1.54) is 25.9 Å². The largest absolute Gasteiger partial charge is 0.355 e. The lowest BCUT2D eigenvalue weighted by molar-refractivity contribution is -0.135. The molecule has 0 aliphatic carbocycles. The van der Waals surface area contributed by atoms with Crippen LogP contribution in [0.25, 0.3) is 0 Å². The Morgan fingerprint density at radius 3 is 2.14 bits per heavy atom. The fourth-order valence-corrected chi connectivity index (χ4v) is 3.78. The Labute approximate surface area is 136 Å². The fraction of sp³-hybridized carbons (Fsp3) is 0.944. The van der Waals surface area contributed by atoms with Crippen LogP contribution < -0.4 is 5.32 Å². The van der Waals surface area contributed by atoms with Gasteiger partial charge in [-0.2, -0.15) is 0 Å². The number of carbonyl (C=O) groups is 1. The van der Waals surface area contributed by atoms with Gasteiger partial charge in [-0.25, -0.2) is 0 Å². The molecule has 0 spiro atoms. The van der Waals surface area contributed by atoms with E-state index < -0.39 is 0 Å². The van der Waals surface area contributed by atoms with E-state index in [1.807, 2.05) is 0 Å². The first kappa shape index (κ1) is 17.7. The van der Waals surface area contributed by atoms with Gasteiger partial charge in [0.25, 0.3) is 0 Å². The predicted molar refractivity (Wildman–Crippen MR) is 91.9 cm³/mol. The van der Waals surface area contributed by atoms with E-state index in [-0.39, 0.29) is 5.41 Å². The molecule has 4 heteroatoms. The Morgan fingerprint density at radius 2 is 1.64 bits per heavy atom. The summed E-state index contributed by atoms with van der Waals surface area (Å²) in [6.45, 7) is 15.1. The molecule has 2 heterocycles. The van der Waals surface area contributed by atoms with Crippen LogP contribution in [0.3, 0.4) is 0 Å². The van der Waals surface area contributed by atoms with Crippen LogP contribution in [0.4, 0.5) is 0 Å². The Morgan fingerprint density at radius 1 is 1.05 bits per heavy atom. The smallest absolute Gasteiger partial charge is 0.227 e. The maximum Gasteiger partial charge on any atom is 0.227 e. The number of hydrogen-bond donors (Lipinski definition) is 1. The quantitative estimate of drug-likeness (QED) is 0.818. The molecular formula is C18H35N3O. The minimum Gasteiger partial charge on any atom is -0.355 e. The molecule has 1 amide bonds. The summed E-state index contributed by atoms with van der Waals surface area (Å²) in [7, 11) is 0. The number of rotatable bonds is 6. The maximum atomic E-state index is 12.9. The van der Waals surface area contributed by atoms with Gasteiger partial charge in [-0.05, 0) is 71.6 Å². The highest BCUT2D eigenvalue weighted by Crippen LogP contribution is 2.34. The third kappa shape index (κ3) is 4.45. The van der Waals surface area contributed by atoms with Crippen molar-refractivity contribution in [1.82, 2.24) is 15.1 Å². The highest BCUT2D eigenvalue weighted by atomic mass is 16.2. The van der Waals surface area contributed by atoms with E-state index in [2.05, 4.69) is 42.8 Å². The van der Waals surface area contributed by atoms with Crippen LogP contribution in [0.15, 0.2) is 0 Å². The Kier molecular flexibility index (Phi) is 6.27. The monoisotopic (exact) mass is 309 g/mol. The first-order chi connectivity index (χ1) is 10.4. The van der Waals surface area contributed by atoms with Crippen molar-refractivity contribution in [3.8, 4) is 0 Å². The van der Waals surface area contributed by atoms with E-state index in [1.54, 1.807) is 0 Å². The number of carbonyl (C=O) groups excluding carboxylic acids is 1. The van der Waals surface area contributed by atoms with E-state index in [0.29, 0.717) is 17.9 Å². The standard InChI is InChI=1S/C18H35N3O/c1-15(2)13-19-17(22)18(14-20-9-5-6-10-20)7-11-21(12-8-18)16(3)4/h15-16H,5-14H2,1-4H3,(H,19,22). The van der Waals surface area contributed by atoms with Gasteiger partial charge in [0.05, 0.1) is 5.41 Å². The Hall–Kier alpha value is -0.610. The zero-order chi connectivity index (χ0) is 16.2. The molecule has 2 aliphatic rings. The van der Waals surface area contributed by atoms with Crippen molar-refractivity contribution in [2.24, 2.45) is 11.3 Å². The molecule has 0 aromatic rings. The molecule has 128 valence electrons. The van der Waals surface area contributed by atoms with Gasteiger partial charge < -0.3 is 15.1 Å². The number of nitrogens with one attached hydrogen (secondary N) is 1. The summed E-state index contributed by atoms with van der Waals surface area (Å²) in [5, 5.41) is 3.23. The molecule has 0 radical (unpaired) electrons. The molecule has 0 saturated carbocycles. The van der Waals surface area contributed by atoms with E-state index in [0.717, 1.165) is 39.0 Å². The second-order valence-electron chi connectivity index (χ2n) is 8.00. The van der Waals surface area contributed by atoms with Crippen LogP contribution in [0.1, 0.15) is 53.4 Å². The van der Waals surface area contributed by atoms with Gasteiger partial charge in [0, 0.05) is 19.1 Å². The minimum atomic E-state index is -0.162. The zero-order valence-corrected chi connectivity index (χ0v) is 15.0. The second kappa shape index (κ2) is 7.78. The molecule has 0 aromatic carbocycles. The van der Waals surface area contributed by atoms with Crippen molar-refractivity contribution in [1.29, 1.82) is 0 Å². The van der Waals surface area contributed by atoms with Crippen LogP contribution in [-0.4, -0.2) is 61.0 Å². The van der Waals surface area contributed by atoms with Crippen LogP contribution in [0.5, 0.6) is 0 Å². The topological polar surface area (TPSA) is 35.6 Å². The molecule has 0 unspecified atom stereocenters. The molecule has 2 aliphatic heterocycles. The summed E-state index contributed by atoms with van der Waals surface area (Å²) in [6.07, 6.45) is 4.60. The van der Waals surface area contributed by atoms with Gasteiger partial charge in [-0.3, -0.25) is 4.79 Å². The van der Waals surface area contributed by atoms with Gasteiger partial charge in [0.15, 0.2) is 0 Å². The van der Waals surface area contributed by atoms with Gasteiger partial charge in [0.1, 0.15) is 0 Å². The molecule has 1 N–H and O–H groups in total. The number of nitrogens with zero attached hydrogens (tertiary/aromatic N) is 2. The Bertz CT molecular complexity index is 353. The van der Waals surface area contributed by atoms with Crippen LogP contribution in [-0.2, 0) is 4.79 Å². The maximum absolute atomic E-state index is 12.9. The zero-order valence-electron chi connectivity index (χ0n) is 15.0. The normalized spacial score (nSPS) is 23.4. The molecule has 4 nitrogen and oxygen atoms in total. The molecule has 0 aromatic heterocycles. The highest BCUT2D eigenvalue weighted by Gasteiger charge is 2.43. The summed E-state index contributed by atoms with van der Waals surface area (Å²) >= 11 is 0. The SMILES string of the molecule is CC(C)CNC(=O)C1(CN2CCCC2)CCN(C(C)C)CC1. The van der Waals surface area contributed by atoms with Gasteiger partial charge in [-0.1, -0.05) is 13.8 Å². The van der Waals surface area contributed by atoms with Gasteiger partial charge >= 0.3 is 0 Å². The summed E-state index contributed by atoms with van der Waals surface area (Å²) in [5.74, 6) is 0.819. The summed E-state index contributed by atoms with van der Waals surface area (Å²) < 4.78 is 0. The molecule has 0 atom stereocenters. The molecule has 0 bridgehead atoms. The number of hydrogen-bond acceptors (Lipinski definition) is 3. The first-order valence-electron chi connectivity index (χ1n) is 9.18. The van der Waals surface area contributed by atoms with Gasteiger partial charge in [-0.15, -0.1) is 0 Å². The van der Waals surface area contributed by atoms with Crippen LogP contribution in [0, 0.1) is 11.3 Å². The van der Waals surface area contributed by atoms with Crippen molar-refractivity contribution in [2.45, 2.75) is 59.4 Å². The predicted octanol–water partition coefficient (Wildman–Crippen LogP) is 2.34. The van der Waals surface area contributed by atoms with E-state index in [4.69, 9.17) is 0 Å². The fourth-order valence-electron chi connectivity index (χ4n) is 3.78. The average Bonchev–Trinajstić information content (AvgIpc) is 2.97. The molecule has 2 saturated heterocycles. The molecule has 2 rings (SSSR count). The van der Waals surface area contributed by atoms with Crippen LogP contribution >= 0.6 is 0 Å². The van der Waals surface area contributed by atoms with Crippen molar-refractivity contribution in [2.75, 3.05) is 39.3 Å². The lowest BCUT2D eigenvalue weighted by atomic mass is 9.76. The lowest BCUT2D eigenvalue weighted by Crippen LogP contribution is -2.55. The molecule has 2 fully saturated rings. The summed E-state index contributed by atoms with van der Waals surface area (Å²) in [6, 6.07) is 0.587. The first-order valence-corrected chi connectivity index (χ1v) is 9.18. The third-order valence-electron chi connectivity index (χ3n) is 5.36. The second-order valence-corrected chi connectivity index (χ2v) is 8.00. The number of piperidine rings is 1.